The summed E-state index contributed by atoms with van der Waals surface area (Å²) in [6, 6.07) is 13.4. The second-order valence-electron chi connectivity index (χ2n) is 7.09. The molecule has 0 spiro atoms. The Bertz CT molecular complexity index is 1330. The van der Waals surface area contributed by atoms with E-state index in [2.05, 4.69) is 9.44 Å². The Hall–Kier alpha value is -2.26. The lowest BCUT2D eigenvalue weighted by atomic mass is 10.1. The van der Waals surface area contributed by atoms with Crippen molar-refractivity contribution in [2.45, 2.75) is 30.6 Å². The van der Waals surface area contributed by atoms with E-state index in [1.54, 1.807) is 26.0 Å². The molecule has 6 nitrogen and oxygen atoms in total. The van der Waals surface area contributed by atoms with Crippen molar-refractivity contribution >= 4 is 54.6 Å². The van der Waals surface area contributed by atoms with E-state index in [1.807, 2.05) is 6.92 Å². The van der Waals surface area contributed by atoms with Gasteiger partial charge in [0, 0.05) is 5.69 Å². The van der Waals surface area contributed by atoms with Gasteiger partial charge in [0.2, 0.25) is 0 Å². The van der Waals surface area contributed by atoms with Crippen LogP contribution in [0.2, 0.25) is 10.0 Å². The van der Waals surface area contributed by atoms with Gasteiger partial charge in [0.15, 0.2) is 0 Å². The number of hydrogen-bond acceptors (Lipinski definition) is 4. The summed E-state index contributed by atoms with van der Waals surface area (Å²) in [5.74, 6) is 0. The van der Waals surface area contributed by atoms with Crippen LogP contribution < -0.4 is 9.44 Å². The monoisotopic (exact) mass is 498 g/mol. The normalized spacial score (nSPS) is 11.9. The molecule has 0 amide bonds. The number of hydrogen-bond donors (Lipinski definition) is 2. The topological polar surface area (TPSA) is 92.3 Å². The summed E-state index contributed by atoms with van der Waals surface area (Å²) in [4.78, 5) is 0.167. The molecule has 31 heavy (non-hydrogen) atoms. The van der Waals surface area contributed by atoms with Gasteiger partial charge in [-0.2, -0.15) is 0 Å². The Labute approximate surface area is 192 Å². The van der Waals surface area contributed by atoms with Crippen LogP contribution in [0.1, 0.15) is 16.7 Å². The number of halogens is 2. The first-order valence-electron chi connectivity index (χ1n) is 9.08. The smallest absolute Gasteiger partial charge is 0.262 e. The van der Waals surface area contributed by atoms with Gasteiger partial charge in [-0.05, 0) is 74.4 Å². The highest BCUT2D eigenvalue weighted by atomic mass is 35.5. The van der Waals surface area contributed by atoms with Crippen molar-refractivity contribution in [1.29, 1.82) is 0 Å². The average molecular weight is 499 g/mol. The third kappa shape index (κ3) is 5.33. The lowest BCUT2D eigenvalue weighted by molar-refractivity contribution is 0.599. The third-order valence-electron chi connectivity index (χ3n) is 4.46. The lowest BCUT2D eigenvalue weighted by Crippen LogP contribution is -2.16. The van der Waals surface area contributed by atoms with Crippen LogP contribution in [0.3, 0.4) is 0 Å². The van der Waals surface area contributed by atoms with Gasteiger partial charge in [-0.15, -0.1) is 0 Å². The molecule has 0 heterocycles. The van der Waals surface area contributed by atoms with Crippen molar-refractivity contribution in [1.82, 2.24) is 0 Å². The predicted octanol–water partition coefficient (Wildman–Crippen LogP) is 5.52. The molecule has 0 saturated heterocycles. The number of sulfonamides is 2. The molecule has 0 radical (unpaired) electrons. The first kappa shape index (κ1) is 23.4. The summed E-state index contributed by atoms with van der Waals surface area (Å²) in [5, 5.41) is 0.522. The highest BCUT2D eigenvalue weighted by molar-refractivity contribution is 7.93. The van der Waals surface area contributed by atoms with Gasteiger partial charge >= 0.3 is 0 Å². The van der Waals surface area contributed by atoms with E-state index in [0.29, 0.717) is 16.1 Å². The van der Waals surface area contributed by atoms with E-state index in [0.717, 1.165) is 5.56 Å². The second-order valence-corrected chi connectivity index (χ2v) is 11.2. The Kier molecular flexibility index (Phi) is 6.57. The van der Waals surface area contributed by atoms with E-state index in [-0.39, 0.29) is 26.2 Å². The number of aryl methyl sites for hydroxylation is 3. The van der Waals surface area contributed by atoms with E-state index in [1.165, 1.54) is 42.5 Å². The molecule has 0 aliphatic rings. The minimum Gasteiger partial charge on any atom is -0.280 e. The molecule has 0 saturated carbocycles. The van der Waals surface area contributed by atoms with Gasteiger partial charge in [-0.3, -0.25) is 9.44 Å². The van der Waals surface area contributed by atoms with Crippen molar-refractivity contribution in [3.05, 3.63) is 81.3 Å². The van der Waals surface area contributed by atoms with E-state index < -0.39 is 20.0 Å². The Balaban J connectivity index is 1.83. The van der Waals surface area contributed by atoms with E-state index in [4.69, 9.17) is 23.2 Å². The summed E-state index contributed by atoms with van der Waals surface area (Å²) in [7, 11) is -7.74. The molecule has 164 valence electrons. The lowest BCUT2D eigenvalue weighted by Gasteiger charge is -2.14. The van der Waals surface area contributed by atoms with Crippen LogP contribution in [0.15, 0.2) is 64.4 Å². The van der Waals surface area contributed by atoms with Crippen LogP contribution in [-0.4, -0.2) is 16.8 Å². The SMILES string of the molecule is Cc1cc(C)c(S(=O)(=O)Nc2ccc(S(=O)(=O)Nc3ccc(Cl)c(Cl)c3)cc2)c(C)c1. The maximum Gasteiger partial charge on any atom is 0.262 e. The number of rotatable bonds is 6. The zero-order chi connectivity index (χ0) is 23.0. The Morgan fingerprint density at radius 1 is 0.645 bits per heavy atom. The molecule has 0 atom stereocenters. The molecule has 0 fully saturated rings. The summed E-state index contributed by atoms with van der Waals surface area (Å²) < 4.78 is 55.9. The molecule has 0 unspecified atom stereocenters. The molecule has 0 aliphatic carbocycles. The van der Waals surface area contributed by atoms with Crippen LogP contribution >= 0.6 is 23.2 Å². The summed E-state index contributed by atoms with van der Waals surface area (Å²) in [5.41, 5.74) is 2.74. The van der Waals surface area contributed by atoms with Crippen LogP contribution in [0.5, 0.6) is 0 Å². The molecular weight excluding hydrogens is 479 g/mol. The summed E-state index contributed by atoms with van der Waals surface area (Å²) >= 11 is 11.8. The Morgan fingerprint density at radius 3 is 1.71 bits per heavy atom. The fourth-order valence-electron chi connectivity index (χ4n) is 3.27. The molecule has 3 rings (SSSR count). The van der Waals surface area contributed by atoms with E-state index >= 15 is 0 Å². The number of nitrogens with one attached hydrogen (secondary N) is 2. The van der Waals surface area contributed by atoms with Crippen LogP contribution in [0, 0.1) is 20.8 Å². The maximum atomic E-state index is 12.9. The van der Waals surface area contributed by atoms with Crippen LogP contribution in [0.4, 0.5) is 11.4 Å². The van der Waals surface area contributed by atoms with Gasteiger partial charge in [-0.1, -0.05) is 40.9 Å². The van der Waals surface area contributed by atoms with Gasteiger partial charge in [0.1, 0.15) is 0 Å². The van der Waals surface area contributed by atoms with Crippen molar-refractivity contribution < 1.29 is 16.8 Å². The van der Waals surface area contributed by atoms with Gasteiger partial charge in [-0.25, -0.2) is 16.8 Å². The fraction of sp³-hybridized carbons (Fsp3) is 0.143. The quantitative estimate of drug-likeness (QED) is 0.467. The predicted molar refractivity (Wildman–Crippen MR) is 125 cm³/mol. The average Bonchev–Trinajstić information content (AvgIpc) is 2.63. The van der Waals surface area contributed by atoms with Gasteiger partial charge < -0.3 is 0 Å². The van der Waals surface area contributed by atoms with Crippen molar-refractivity contribution in [3.8, 4) is 0 Å². The van der Waals surface area contributed by atoms with Crippen molar-refractivity contribution in [2.75, 3.05) is 9.44 Å². The number of anilines is 2. The minimum absolute atomic E-state index is 0.0378. The van der Waals surface area contributed by atoms with Crippen LogP contribution in [-0.2, 0) is 20.0 Å². The molecule has 3 aromatic rings. The molecular formula is C21H20Cl2N2O4S2. The van der Waals surface area contributed by atoms with Crippen LogP contribution in [0.25, 0.3) is 0 Å². The first-order valence-corrected chi connectivity index (χ1v) is 12.8. The fourth-order valence-corrected chi connectivity index (χ4v) is 6.13. The molecule has 3 aromatic carbocycles. The minimum atomic E-state index is -3.90. The Morgan fingerprint density at radius 2 is 1.16 bits per heavy atom. The molecule has 0 aromatic heterocycles. The van der Waals surface area contributed by atoms with Crippen molar-refractivity contribution in [3.63, 3.8) is 0 Å². The molecule has 0 aliphatic heterocycles. The van der Waals surface area contributed by atoms with Crippen molar-refractivity contribution in [2.24, 2.45) is 0 Å². The molecule has 10 heteroatoms. The first-order chi connectivity index (χ1) is 14.4. The summed E-state index contributed by atoms with van der Waals surface area (Å²) in [6.45, 7) is 5.37. The van der Waals surface area contributed by atoms with Gasteiger partial charge in [0.05, 0.1) is 25.5 Å². The standard InChI is InChI=1S/C21H20Cl2N2O4S2/c1-13-10-14(2)21(15(3)11-13)31(28,29)24-16-4-7-18(8-5-16)30(26,27)25-17-6-9-19(22)20(23)12-17/h4-12,24-25H,1-3H3. The third-order valence-corrected chi connectivity index (χ3v) is 8.28. The highest BCUT2D eigenvalue weighted by Gasteiger charge is 2.21. The van der Waals surface area contributed by atoms with Gasteiger partial charge in [0.25, 0.3) is 20.0 Å². The molecule has 0 bridgehead atoms. The molecule has 2 N–H and O–H groups in total. The second kappa shape index (κ2) is 8.70. The zero-order valence-electron chi connectivity index (χ0n) is 16.9. The number of benzene rings is 3. The van der Waals surface area contributed by atoms with E-state index in [9.17, 15) is 16.8 Å². The summed E-state index contributed by atoms with van der Waals surface area (Å²) in [6.07, 6.45) is 0. The zero-order valence-corrected chi connectivity index (χ0v) is 20.0. The highest BCUT2D eigenvalue weighted by Crippen LogP contribution is 2.28. The largest absolute Gasteiger partial charge is 0.280 e. The maximum absolute atomic E-state index is 12.9.